The molecule has 0 aliphatic rings. The molecule has 0 saturated heterocycles. The van der Waals surface area contributed by atoms with Crippen LogP contribution < -0.4 is 0 Å². The van der Waals surface area contributed by atoms with Crippen LogP contribution in [0, 0.1) is 10.8 Å². The van der Waals surface area contributed by atoms with Crippen LogP contribution in [0.5, 0.6) is 0 Å². The molecular weight excluding hydrogens is 278 g/mol. The predicted molar refractivity (Wildman–Crippen MR) is 90.6 cm³/mol. The van der Waals surface area contributed by atoms with Gasteiger partial charge in [-0.1, -0.05) is 34.1 Å². The monoisotopic (exact) mass is 313 g/mol. The summed E-state index contributed by atoms with van der Waals surface area (Å²) in [5, 5.41) is 0. The van der Waals surface area contributed by atoms with Gasteiger partial charge in [-0.05, 0) is 40.0 Å². The molecule has 0 aliphatic heterocycles. The lowest BCUT2D eigenvalue weighted by atomic mass is 9.94. The molecule has 4 heteroatoms. The molecule has 0 atom stereocenters. The number of unbranched alkanes of at least 4 members (excludes halogenated alkanes) is 2. The van der Waals surface area contributed by atoms with E-state index in [1.54, 1.807) is 0 Å². The van der Waals surface area contributed by atoms with Crippen LogP contribution in [0.1, 0.15) is 74.1 Å². The van der Waals surface area contributed by atoms with Crippen LogP contribution in [-0.2, 0) is 14.3 Å². The molecular formula is C18H35NO3. The van der Waals surface area contributed by atoms with E-state index < -0.39 is 5.41 Å². The molecule has 130 valence electrons. The van der Waals surface area contributed by atoms with Crippen LogP contribution in [0.4, 0.5) is 0 Å². The summed E-state index contributed by atoms with van der Waals surface area (Å²) in [6, 6.07) is 0. The molecule has 0 saturated carbocycles. The summed E-state index contributed by atoms with van der Waals surface area (Å²) in [6.07, 6.45) is 3.77. The van der Waals surface area contributed by atoms with Crippen LogP contribution in [0.2, 0.25) is 0 Å². The topological polar surface area (TPSA) is 46.6 Å². The summed E-state index contributed by atoms with van der Waals surface area (Å²) in [6.45, 7) is 15.5. The first-order chi connectivity index (χ1) is 10.00. The van der Waals surface area contributed by atoms with E-state index >= 15 is 0 Å². The number of rotatable bonds is 8. The quantitative estimate of drug-likeness (QED) is 0.502. The molecule has 1 amide bonds. The van der Waals surface area contributed by atoms with Crippen molar-refractivity contribution in [1.29, 1.82) is 0 Å². The summed E-state index contributed by atoms with van der Waals surface area (Å²) in [7, 11) is 0. The van der Waals surface area contributed by atoms with E-state index in [1.807, 2.05) is 46.4 Å². The fourth-order valence-corrected chi connectivity index (χ4v) is 1.92. The van der Waals surface area contributed by atoms with Crippen LogP contribution in [0.25, 0.3) is 0 Å². The first kappa shape index (κ1) is 20.9. The van der Waals surface area contributed by atoms with Crippen molar-refractivity contribution >= 4 is 11.9 Å². The molecule has 0 rings (SSSR count). The SMILES string of the molecule is CCCCN(CCCCOC(=O)C(C)(C)C)C(=O)C(C)(C)C. The van der Waals surface area contributed by atoms with Gasteiger partial charge in [0.05, 0.1) is 12.0 Å². The molecule has 0 aromatic heterocycles. The Kier molecular flexibility index (Phi) is 8.72. The molecule has 0 aliphatic carbocycles. The van der Waals surface area contributed by atoms with Gasteiger partial charge < -0.3 is 9.64 Å². The van der Waals surface area contributed by atoms with E-state index in [0.717, 1.165) is 38.8 Å². The highest BCUT2D eigenvalue weighted by molar-refractivity contribution is 5.81. The van der Waals surface area contributed by atoms with Crippen LogP contribution in [0.15, 0.2) is 0 Å². The van der Waals surface area contributed by atoms with Crippen molar-refractivity contribution in [3.63, 3.8) is 0 Å². The van der Waals surface area contributed by atoms with Gasteiger partial charge >= 0.3 is 5.97 Å². The Morgan fingerprint density at radius 3 is 1.86 bits per heavy atom. The summed E-state index contributed by atoms with van der Waals surface area (Å²) in [5.41, 5.74) is -0.790. The lowest BCUT2D eigenvalue weighted by molar-refractivity contribution is -0.153. The zero-order valence-corrected chi connectivity index (χ0v) is 15.6. The van der Waals surface area contributed by atoms with Gasteiger partial charge in [0.2, 0.25) is 5.91 Å². The normalized spacial score (nSPS) is 12.1. The Balaban J connectivity index is 4.20. The molecule has 22 heavy (non-hydrogen) atoms. The fourth-order valence-electron chi connectivity index (χ4n) is 1.92. The summed E-state index contributed by atoms with van der Waals surface area (Å²) < 4.78 is 5.25. The van der Waals surface area contributed by atoms with Crippen molar-refractivity contribution in [1.82, 2.24) is 4.90 Å². The van der Waals surface area contributed by atoms with Gasteiger partial charge in [-0.2, -0.15) is 0 Å². The van der Waals surface area contributed by atoms with Crippen molar-refractivity contribution in [2.24, 2.45) is 10.8 Å². The number of carbonyl (C=O) groups is 2. The first-order valence-electron chi connectivity index (χ1n) is 8.46. The van der Waals surface area contributed by atoms with Crippen molar-refractivity contribution in [3.05, 3.63) is 0 Å². The lowest BCUT2D eigenvalue weighted by Crippen LogP contribution is -2.40. The van der Waals surface area contributed by atoms with Gasteiger partial charge in [-0.25, -0.2) is 0 Å². The third-order valence-corrected chi connectivity index (χ3v) is 3.38. The number of amides is 1. The number of esters is 1. The van der Waals surface area contributed by atoms with Crippen LogP contribution in [0.3, 0.4) is 0 Å². The molecule has 0 heterocycles. The van der Waals surface area contributed by atoms with Crippen molar-refractivity contribution in [3.8, 4) is 0 Å². The molecule has 0 bridgehead atoms. The van der Waals surface area contributed by atoms with E-state index in [9.17, 15) is 9.59 Å². The van der Waals surface area contributed by atoms with Gasteiger partial charge in [0.15, 0.2) is 0 Å². The average molecular weight is 313 g/mol. The third kappa shape index (κ3) is 8.40. The van der Waals surface area contributed by atoms with Crippen molar-refractivity contribution in [2.75, 3.05) is 19.7 Å². The van der Waals surface area contributed by atoms with Gasteiger partial charge in [-0.3, -0.25) is 9.59 Å². The van der Waals surface area contributed by atoms with Gasteiger partial charge in [0.25, 0.3) is 0 Å². The molecule has 0 aromatic carbocycles. The third-order valence-electron chi connectivity index (χ3n) is 3.38. The van der Waals surface area contributed by atoms with Crippen molar-refractivity contribution < 1.29 is 14.3 Å². The predicted octanol–water partition coefficient (Wildman–Crippen LogP) is 4.03. The molecule has 0 fully saturated rings. The lowest BCUT2D eigenvalue weighted by Gasteiger charge is -2.29. The maximum atomic E-state index is 12.4. The number of nitrogens with zero attached hydrogens (tertiary/aromatic N) is 1. The first-order valence-corrected chi connectivity index (χ1v) is 8.46. The standard InChI is InChI=1S/C18H35NO3/c1-8-9-12-19(15(20)17(2,3)4)13-10-11-14-22-16(21)18(5,6)7/h8-14H2,1-7H3. The Morgan fingerprint density at radius 2 is 1.41 bits per heavy atom. The molecule has 0 N–H and O–H groups in total. The minimum atomic E-state index is -0.449. The highest BCUT2D eigenvalue weighted by Crippen LogP contribution is 2.19. The Morgan fingerprint density at radius 1 is 0.864 bits per heavy atom. The number of ether oxygens (including phenoxy) is 1. The number of carbonyl (C=O) groups excluding carboxylic acids is 2. The minimum absolute atomic E-state index is 0.166. The molecule has 0 spiro atoms. The second-order valence-electron chi connectivity index (χ2n) is 7.99. The molecule has 0 radical (unpaired) electrons. The smallest absolute Gasteiger partial charge is 0.311 e. The average Bonchev–Trinajstić information content (AvgIpc) is 2.38. The zero-order valence-electron chi connectivity index (χ0n) is 15.6. The summed E-state index contributed by atoms with van der Waals surface area (Å²) in [5.74, 6) is 0.0359. The Bertz CT molecular complexity index is 350. The van der Waals surface area contributed by atoms with E-state index in [-0.39, 0.29) is 17.3 Å². The van der Waals surface area contributed by atoms with Gasteiger partial charge in [0.1, 0.15) is 0 Å². The van der Waals surface area contributed by atoms with Gasteiger partial charge in [-0.15, -0.1) is 0 Å². The van der Waals surface area contributed by atoms with Crippen LogP contribution in [-0.4, -0.2) is 36.5 Å². The molecule has 4 nitrogen and oxygen atoms in total. The van der Waals surface area contributed by atoms with Crippen LogP contribution >= 0.6 is 0 Å². The van der Waals surface area contributed by atoms with Gasteiger partial charge in [0, 0.05) is 18.5 Å². The maximum absolute atomic E-state index is 12.4. The summed E-state index contributed by atoms with van der Waals surface area (Å²) in [4.78, 5) is 26.0. The highest BCUT2D eigenvalue weighted by atomic mass is 16.5. The number of hydrogen-bond donors (Lipinski definition) is 0. The van der Waals surface area contributed by atoms with E-state index in [0.29, 0.717) is 6.61 Å². The molecule has 0 unspecified atom stereocenters. The second kappa shape index (κ2) is 9.16. The van der Waals surface area contributed by atoms with E-state index in [1.165, 1.54) is 0 Å². The zero-order chi connectivity index (χ0) is 17.4. The molecule has 0 aromatic rings. The Hall–Kier alpha value is -1.06. The summed E-state index contributed by atoms with van der Waals surface area (Å²) >= 11 is 0. The minimum Gasteiger partial charge on any atom is -0.465 e. The van der Waals surface area contributed by atoms with Crippen molar-refractivity contribution in [2.45, 2.75) is 74.1 Å². The van der Waals surface area contributed by atoms with E-state index in [4.69, 9.17) is 4.74 Å². The maximum Gasteiger partial charge on any atom is 0.311 e. The fraction of sp³-hybridized carbons (Fsp3) is 0.889. The Labute approximate surface area is 136 Å². The largest absolute Gasteiger partial charge is 0.465 e. The second-order valence-corrected chi connectivity index (χ2v) is 7.99. The van der Waals surface area contributed by atoms with E-state index in [2.05, 4.69) is 6.92 Å². The highest BCUT2D eigenvalue weighted by Gasteiger charge is 2.26. The number of hydrogen-bond acceptors (Lipinski definition) is 3.